The first-order valence-corrected chi connectivity index (χ1v) is 11.1. The second-order valence-corrected chi connectivity index (χ2v) is 8.26. The summed E-state index contributed by atoms with van der Waals surface area (Å²) in [5.41, 5.74) is 1.49. The Morgan fingerprint density at radius 1 is 1.21 bits per heavy atom. The number of nitrogens with zero attached hydrogens (tertiary/aromatic N) is 5. The SMILES string of the molecule is CSCCC(NC(=O)c1sc(-n2cccc2)nc1C)c1nnc2ccccn12. The van der Waals surface area contributed by atoms with Crippen molar-refractivity contribution in [2.45, 2.75) is 19.4 Å². The van der Waals surface area contributed by atoms with Crippen LogP contribution in [0.4, 0.5) is 0 Å². The Kier molecular flexibility index (Phi) is 5.45. The Morgan fingerprint density at radius 3 is 2.79 bits per heavy atom. The first-order chi connectivity index (χ1) is 13.7. The Hall–Kier alpha value is -2.65. The van der Waals surface area contributed by atoms with E-state index in [0.717, 1.165) is 34.5 Å². The average Bonchev–Trinajstić information content (AvgIpc) is 3.44. The molecule has 0 aliphatic carbocycles. The van der Waals surface area contributed by atoms with Crippen LogP contribution in [0.5, 0.6) is 0 Å². The average molecular weight is 413 g/mol. The highest BCUT2D eigenvalue weighted by Crippen LogP contribution is 2.24. The highest BCUT2D eigenvalue weighted by Gasteiger charge is 2.23. The van der Waals surface area contributed by atoms with Crippen molar-refractivity contribution in [1.29, 1.82) is 0 Å². The third-order valence-electron chi connectivity index (χ3n) is 4.38. The van der Waals surface area contributed by atoms with Crippen LogP contribution < -0.4 is 5.32 Å². The van der Waals surface area contributed by atoms with Gasteiger partial charge in [-0.1, -0.05) is 17.4 Å². The lowest BCUT2D eigenvalue weighted by molar-refractivity contribution is 0.0937. The number of thioether (sulfide) groups is 1. The number of fused-ring (bicyclic) bond motifs is 1. The van der Waals surface area contributed by atoms with E-state index in [0.29, 0.717) is 4.88 Å². The lowest BCUT2D eigenvalue weighted by Crippen LogP contribution is -2.30. The Balaban J connectivity index is 1.61. The first kappa shape index (κ1) is 18.7. The molecule has 4 heterocycles. The van der Waals surface area contributed by atoms with Crippen molar-refractivity contribution >= 4 is 34.7 Å². The zero-order valence-electron chi connectivity index (χ0n) is 15.6. The molecule has 4 rings (SSSR count). The van der Waals surface area contributed by atoms with Crippen LogP contribution in [0.1, 0.15) is 33.7 Å². The summed E-state index contributed by atoms with van der Waals surface area (Å²) in [6.07, 6.45) is 8.58. The van der Waals surface area contributed by atoms with Gasteiger partial charge in [-0.15, -0.1) is 10.2 Å². The zero-order chi connectivity index (χ0) is 19.5. The maximum atomic E-state index is 13.0. The molecule has 4 aromatic rings. The van der Waals surface area contributed by atoms with Gasteiger partial charge in [0, 0.05) is 18.6 Å². The first-order valence-electron chi connectivity index (χ1n) is 8.87. The maximum absolute atomic E-state index is 13.0. The summed E-state index contributed by atoms with van der Waals surface area (Å²) in [4.78, 5) is 18.2. The van der Waals surface area contributed by atoms with E-state index in [4.69, 9.17) is 0 Å². The molecule has 1 atom stereocenters. The van der Waals surface area contributed by atoms with E-state index >= 15 is 0 Å². The molecule has 0 aliphatic rings. The summed E-state index contributed by atoms with van der Waals surface area (Å²) < 4.78 is 3.84. The second-order valence-electron chi connectivity index (χ2n) is 6.30. The standard InChI is InChI=1S/C19H20N6OS2/c1-13-16(28-19(20-13)24-9-5-6-10-24)18(26)21-14(8-12-27-2)17-23-22-15-7-3-4-11-25(15)17/h3-7,9-11,14H,8,12H2,1-2H3,(H,21,26). The molecule has 28 heavy (non-hydrogen) atoms. The van der Waals surface area contributed by atoms with Crippen LogP contribution in [0.2, 0.25) is 0 Å². The summed E-state index contributed by atoms with van der Waals surface area (Å²) in [7, 11) is 0. The van der Waals surface area contributed by atoms with Crippen molar-refractivity contribution in [1.82, 2.24) is 29.5 Å². The molecule has 0 saturated heterocycles. The number of thiazole rings is 1. The van der Waals surface area contributed by atoms with Crippen molar-refractivity contribution in [3.05, 3.63) is 65.3 Å². The van der Waals surface area contributed by atoms with Crippen molar-refractivity contribution in [2.24, 2.45) is 0 Å². The monoisotopic (exact) mass is 412 g/mol. The minimum Gasteiger partial charge on any atom is -0.341 e. The molecule has 1 amide bonds. The Morgan fingerprint density at radius 2 is 2.00 bits per heavy atom. The number of hydrogen-bond acceptors (Lipinski definition) is 6. The molecule has 0 radical (unpaired) electrons. The molecule has 144 valence electrons. The molecule has 0 spiro atoms. The molecular formula is C19H20N6OS2. The fraction of sp³-hybridized carbons (Fsp3) is 0.263. The zero-order valence-corrected chi connectivity index (χ0v) is 17.2. The molecule has 0 saturated carbocycles. The van der Waals surface area contributed by atoms with Crippen molar-refractivity contribution in [3.8, 4) is 5.13 Å². The van der Waals surface area contributed by atoms with Crippen molar-refractivity contribution < 1.29 is 4.79 Å². The molecule has 7 nitrogen and oxygen atoms in total. The summed E-state index contributed by atoms with van der Waals surface area (Å²) in [5.74, 6) is 1.51. The Labute approximate surface area is 170 Å². The van der Waals surface area contributed by atoms with E-state index in [2.05, 4.69) is 26.8 Å². The van der Waals surface area contributed by atoms with Gasteiger partial charge in [0.25, 0.3) is 5.91 Å². The van der Waals surface area contributed by atoms with Gasteiger partial charge in [0.2, 0.25) is 0 Å². The van der Waals surface area contributed by atoms with Crippen molar-refractivity contribution in [2.75, 3.05) is 12.0 Å². The van der Waals surface area contributed by atoms with Crippen LogP contribution in [-0.2, 0) is 0 Å². The molecule has 0 aromatic carbocycles. The van der Waals surface area contributed by atoms with E-state index in [-0.39, 0.29) is 11.9 Å². The van der Waals surface area contributed by atoms with Crippen LogP contribution in [0.15, 0.2) is 48.9 Å². The number of nitrogens with one attached hydrogen (secondary N) is 1. The van der Waals surface area contributed by atoms with Gasteiger partial charge in [-0.2, -0.15) is 11.8 Å². The topological polar surface area (TPSA) is 77.1 Å². The minimum absolute atomic E-state index is 0.132. The minimum atomic E-state index is -0.228. The summed E-state index contributed by atoms with van der Waals surface area (Å²) in [6.45, 7) is 1.86. The highest BCUT2D eigenvalue weighted by molar-refractivity contribution is 7.98. The van der Waals surface area contributed by atoms with Crippen LogP contribution in [-0.4, -0.2) is 42.1 Å². The largest absolute Gasteiger partial charge is 0.341 e. The molecule has 0 bridgehead atoms. The van der Waals surface area contributed by atoms with Gasteiger partial charge in [0.15, 0.2) is 16.6 Å². The highest BCUT2D eigenvalue weighted by atomic mass is 32.2. The number of hydrogen-bond donors (Lipinski definition) is 1. The third-order valence-corrected chi connectivity index (χ3v) is 6.20. The van der Waals surface area contributed by atoms with Crippen LogP contribution in [0, 0.1) is 6.92 Å². The normalized spacial score (nSPS) is 12.4. The van der Waals surface area contributed by atoms with Gasteiger partial charge in [-0.25, -0.2) is 4.98 Å². The van der Waals surface area contributed by atoms with Gasteiger partial charge in [0.05, 0.1) is 11.7 Å². The maximum Gasteiger partial charge on any atom is 0.263 e. The van der Waals surface area contributed by atoms with Crippen LogP contribution in [0.25, 0.3) is 10.8 Å². The number of aryl methyl sites for hydroxylation is 1. The predicted octanol–water partition coefficient (Wildman–Crippen LogP) is 3.51. The molecule has 9 heteroatoms. The second kappa shape index (κ2) is 8.15. The molecule has 0 aliphatic heterocycles. The summed E-state index contributed by atoms with van der Waals surface area (Å²) in [5, 5.41) is 12.5. The number of pyridine rings is 1. The van der Waals surface area contributed by atoms with Crippen molar-refractivity contribution in [3.63, 3.8) is 0 Å². The van der Waals surface area contributed by atoms with Gasteiger partial charge < -0.3 is 9.88 Å². The fourth-order valence-corrected chi connectivity index (χ4v) is 4.40. The number of amides is 1. The lowest BCUT2D eigenvalue weighted by Gasteiger charge is -2.16. The number of carbonyl (C=O) groups is 1. The van der Waals surface area contributed by atoms with Gasteiger partial charge in [0.1, 0.15) is 4.88 Å². The van der Waals surface area contributed by atoms with Crippen LogP contribution >= 0.6 is 23.1 Å². The Bertz CT molecular complexity index is 1090. The van der Waals surface area contributed by atoms with E-state index in [1.165, 1.54) is 11.3 Å². The molecule has 0 fully saturated rings. The van der Waals surface area contributed by atoms with E-state index in [9.17, 15) is 4.79 Å². The number of aromatic nitrogens is 5. The molecule has 4 aromatic heterocycles. The van der Waals surface area contributed by atoms with Gasteiger partial charge in [-0.05, 0) is 49.6 Å². The molecule has 1 unspecified atom stereocenters. The summed E-state index contributed by atoms with van der Waals surface area (Å²) >= 11 is 3.12. The third kappa shape index (κ3) is 3.67. The van der Waals surface area contributed by atoms with Gasteiger partial charge >= 0.3 is 0 Å². The summed E-state index contributed by atoms with van der Waals surface area (Å²) in [6, 6.07) is 9.41. The van der Waals surface area contributed by atoms with Gasteiger partial charge in [-0.3, -0.25) is 9.20 Å². The number of rotatable bonds is 7. The quantitative estimate of drug-likeness (QED) is 0.503. The predicted molar refractivity (Wildman–Crippen MR) is 112 cm³/mol. The molecule has 1 N–H and O–H groups in total. The van der Waals surface area contributed by atoms with Crippen LogP contribution in [0.3, 0.4) is 0 Å². The van der Waals surface area contributed by atoms with E-state index < -0.39 is 0 Å². The lowest BCUT2D eigenvalue weighted by atomic mass is 10.2. The number of carbonyl (C=O) groups excluding carboxylic acids is 1. The smallest absolute Gasteiger partial charge is 0.263 e. The van der Waals surface area contributed by atoms with E-state index in [1.54, 1.807) is 11.8 Å². The fourth-order valence-electron chi connectivity index (χ4n) is 2.99. The molecular weight excluding hydrogens is 392 g/mol. The van der Waals surface area contributed by atoms with E-state index in [1.807, 2.05) is 64.8 Å².